The molecule has 172 valence electrons. The van der Waals surface area contributed by atoms with Crippen LogP contribution in [-0.2, 0) is 6.42 Å². The third-order valence-corrected chi connectivity index (χ3v) is 4.92. The van der Waals surface area contributed by atoms with Crippen LogP contribution >= 0.6 is 0 Å². The molecule has 0 aliphatic heterocycles. The third kappa shape index (κ3) is 6.57. The number of carbonyl (C=O) groups excluding carboxylic acids is 1. The first-order chi connectivity index (χ1) is 16.5. The lowest BCUT2D eigenvalue weighted by atomic mass is 9.95. The molecule has 0 spiro atoms. The van der Waals surface area contributed by atoms with E-state index in [0.717, 1.165) is 16.7 Å². The van der Waals surface area contributed by atoms with Crippen LogP contribution in [0.5, 0.6) is 5.75 Å². The number of aliphatic hydroxyl groups is 2. The zero-order valence-electron chi connectivity index (χ0n) is 18.2. The fourth-order valence-corrected chi connectivity index (χ4v) is 3.14. The molecule has 1 heterocycles. The van der Waals surface area contributed by atoms with E-state index < -0.39 is 17.2 Å². The van der Waals surface area contributed by atoms with E-state index in [9.17, 15) is 19.8 Å². The molecule has 1 atom stereocenters. The zero-order valence-corrected chi connectivity index (χ0v) is 18.2. The SMILES string of the molecule is O=C(NCCO)c1ccc(C#CC#Cc2ccc(CC(CO)c3nc[nH]c(=O)c3O)cc2)cc1. The number of H-pyrrole nitrogens is 1. The van der Waals surface area contributed by atoms with Crippen molar-refractivity contribution in [2.45, 2.75) is 12.3 Å². The summed E-state index contributed by atoms with van der Waals surface area (Å²) < 4.78 is 0. The summed E-state index contributed by atoms with van der Waals surface area (Å²) in [5.41, 5.74) is 2.36. The Kier molecular flexibility index (Phi) is 8.59. The van der Waals surface area contributed by atoms with E-state index in [-0.39, 0.29) is 31.4 Å². The van der Waals surface area contributed by atoms with E-state index in [2.05, 4.69) is 39.0 Å². The van der Waals surface area contributed by atoms with Crippen molar-refractivity contribution in [1.29, 1.82) is 0 Å². The minimum Gasteiger partial charge on any atom is -0.502 e. The van der Waals surface area contributed by atoms with Gasteiger partial charge in [-0.05, 0) is 60.2 Å². The van der Waals surface area contributed by atoms with Crippen molar-refractivity contribution in [3.8, 4) is 29.4 Å². The molecule has 8 nitrogen and oxygen atoms in total. The van der Waals surface area contributed by atoms with Crippen molar-refractivity contribution in [2.75, 3.05) is 19.8 Å². The van der Waals surface area contributed by atoms with Crippen LogP contribution in [0.3, 0.4) is 0 Å². The van der Waals surface area contributed by atoms with Gasteiger partial charge in [-0.3, -0.25) is 9.59 Å². The normalized spacial score (nSPS) is 10.9. The van der Waals surface area contributed by atoms with E-state index in [4.69, 9.17) is 5.11 Å². The van der Waals surface area contributed by atoms with Crippen molar-refractivity contribution in [2.24, 2.45) is 0 Å². The molecule has 5 N–H and O–H groups in total. The van der Waals surface area contributed by atoms with Gasteiger partial charge in [0.2, 0.25) is 5.75 Å². The van der Waals surface area contributed by atoms with E-state index in [1.165, 1.54) is 6.33 Å². The average molecular weight is 457 g/mol. The average Bonchev–Trinajstić information content (AvgIpc) is 2.86. The number of aliphatic hydroxyl groups excluding tert-OH is 2. The maximum Gasteiger partial charge on any atom is 0.293 e. The van der Waals surface area contributed by atoms with E-state index in [0.29, 0.717) is 12.0 Å². The zero-order chi connectivity index (χ0) is 24.3. The van der Waals surface area contributed by atoms with Crippen LogP contribution in [0.15, 0.2) is 59.7 Å². The Balaban J connectivity index is 1.61. The highest BCUT2D eigenvalue weighted by Crippen LogP contribution is 2.23. The maximum absolute atomic E-state index is 11.8. The number of hydrogen-bond donors (Lipinski definition) is 5. The lowest BCUT2D eigenvalue weighted by molar-refractivity contribution is 0.0944. The maximum atomic E-state index is 11.8. The largest absolute Gasteiger partial charge is 0.502 e. The van der Waals surface area contributed by atoms with Crippen LogP contribution < -0.4 is 10.9 Å². The first-order valence-corrected chi connectivity index (χ1v) is 10.5. The smallest absolute Gasteiger partial charge is 0.293 e. The molecule has 0 aliphatic carbocycles. The van der Waals surface area contributed by atoms with Gasteiger partial charge in [0.25, 0.3) is 11.5 Å². The number of amides is 1. The molecule has 0 saturated carbocycles. The number of nitrogens with zero attached hydrogens (tertiary/aromatic N) is 1. The van der Waals surface area contributed by atoms with Gasteiger partial charge in [0, 0.05) is 29.2 Å². The summed E-state index contributed by atoms with van der Waals surface area (Å²) in [6, 6.07) is 14.1. The lowest BCUT2D eigenvalue weighted by Gasteiger charge is -2.14. The summed E-state index contributed by atoms with van der Waals surface area (Å²) in [5, 5.41) is 30.9. The third-order valence-electron chi connectivity index (χ3n) is 4.92. The molecule has 0 fully saturated rings. The van der Waals surface area contributed by atoms with Crippen LogP contribution in [0.1, 0.15) is 38.7 Å². The van der Waals surface area contributed by atoms with Gasteiger partial charge >= 0.3 is 0 Å². The number of aromatic amines is 1. The molecule has 3 rings (SSSR count). The van der Waals surface area contributed by atoms with Gasteiger partial charge in [-0.25, -0.2) is 4.98 Å². The monoisotopic (exact) mass is 457 g/mol. The van der Waals surface area contributed by atoms with Gasteiger partial charge in [0.15, 0.2) is 0 Å². The van der Waals surface area contributed by atoms with Gasteiger partial charge in [0.05, 0.1) is 25.2 Å². The van der Waals surface area contributed by atoms with Crippen molar-refractivity contribution >= 4 is 5.91 Å². The van der Waals surface area contributed by atoms with Gasteiger partial charge < -0.3 is 25.6 Å². The molecule has 0 radical (unpaired) electrons. The molecule has 8 heteroatoms. The van der Waals surface area contributed by atoms with Crippen molar-refractivity contribution in [3.63, 3.8) is 0 Å². The predicted molar refractivity (Wildman–Crippen MR) is 126 cm³/mol. The number of carbonyl (C=O) groups is 1. The standard InChI is InChI=1S/C26H23N3O5/c30-14-13-27-25(33)21-11-9-19(10-12-21)4-2-1-3-18-5-7-20(8-6-18)15-22(16-31)23-24(32)26(34)29-17-28-23/h5-12,17,22,30-32H,13-16H2,(H,27,33)(H,28,29,34). The minimum atomic E-state index is -0.644. The summed E-state index contributed by atoms with van der Waals surface area (Å²) in [7, 11) is 0. The van der Waals surface area contributed by atoms with Crippen LogP contribution in [0.4, 0.5) is 0 Å². The molecular weight excluding hydrogens is 434 g/mol. The number of benzene rings is 2. The molecule has 1 amide bonds. The Morgan fingerprint density at radius 2 is 1.62 bits per heavy atom. The summed E-state index contributed by atoms with van der Waals surface area (Å²) in [5.74, 6) is 10.2. The van der Waals surface area contributed by atoms with Crippen molar-refractivity contribution < 1.29 is 20.1 Å². The molecular formula is C26H23N3O5. The van der Waals surface area contributed by atoms with Crippen LogP contribution in [0, 0.1) is 23.7 Å². The number of nitrogens with one attached hydrogen (secondary N) is 2. The number of aromatic hydroxyl groups is 1. The molecule has 1 unspecified atom stereocenters. The minimum absolute atomic E-state index is 0.113. The molecule has 3 aromatic rings. The van der Waals surface area contributed by atoms with Gasteiger partial charge in [-0.15, -0.1) is 0 Å². The topological polar surface area (TPSA) is 136 Å². The van der Waals surface area contributed by atoms with Crippen molar-refractivity contribution in [3.05, 3.63) is 93.2 Å². The molecule has 34 heavy (non-hydrogen) atoms. The number of hydrogen-bond acceptors (Lipinski definition) is 6. The summed E-state index contributed by atoms with van der Waals surface area (Å²) in [4.78, 5) is 29.7. The Morgan fingerprint density at radius 1 is 1.00 bits per heavy atom. The first-order valence-electron chi connectivity index (χ1n) is 10.5. The van der Waals surface area contributed by atoms with Crippen LogP contribution in [0.2, 0.25) is 0 Å². The Hall–Kier alpha value is -4.37. The highest BCUT2D eigenvalue weighted by atomic mass is 16.3. The predicted octanol–water partition coefficient (Wildman–Crippen LogP) is 0.919. The fraction of sp³-hybridized carbons (Fsp3) is 0.192. The van der Waals surface area contributed by atoms with Gasteiger partial charge in [-0.1, -0.05) is 24.0 Å². The lowest BCUT2D eigenvalue weighted by Crippen LogP contribution is -2.26. The molecule has 2 aromatic carbocycles. The molecule has 0 aliphatic rings. The second-order valence-electron chi connectivity index (χ2n) is 7.30. The fourth-order valence-electron chi connectivity index (χ4n) is 3.14. The van der Waals surface area contributed by atoms with Gasteiger partial charge in [0.1, 0.15) is 0 Å². The molecule has 1 aromatic heterocycles. The second-order valence-corrected chi connectivity index (χ2v) is 7.30. The van der Waals surface area contributed by atoms with Crippen LogP contribution in [0.25, 0.3) is 0 Å². The number of aromatic nitrogens is 2. The van der Waals surface area contributed by atoms with E-state index in [1.54, 1.807) is 24.3 Å². The van der Waals surface area contributed by atoms with Crippen molar-refractivity contribution in [1.82, 2.24) is 15.3 Å². The Bertz CT molecular complexity index is 1310. The summed E-state index contributed by atoms with van der Waals surface area (Å²) >= 11 is 0. The summed E-state index contributed by atoms with van der Waals surface area (Å²) in [6.45, 7) is -0.179. The second kappa shape index (κ2) is 12.0. The molecule has 0 bridgehead atoms. The Morgan fingerprint density at radius 3 is 2.21 bits per heavy atom. The first kappa shape index (κ1) is 24.3. The van der Waals surface area contributed by atoms with E-state index in [1.807, 2.05) is 24.3 Å². The summed E-state index contributed by atoms with van der Waals surface area (Å²) in [6.07, 6.45) is 1.59. The number of rotatable bonds is 7. The van der Waals surface area contributed by atoms with Gasteiger partial charge in [-0.2, -0.15) is 0 Å². The highest BCUT2D eigenvalue weighted by molar-refractivity contribution is 5.94. The quantitative estimate of drug-likeness (QED) is 0.335. The Labute approximate surface area is 196 Å². The van der Waals surface area contributed by atoms with E-state index >= 15 is 0 Å². The van der Waals surface area contributed by atoms with Crippen LogP contribution in [-0.4, -0.2) is 51.0 Å². The highest BCUT2D eigenvalue weighted by Gasteiger charge is 2.19. The molecule has 0 saturated heterocycles.